The van der Waals surface area contributed by atoms with Gasteiger partial charge in [0.05, 0.1) is 13.2 Å². The Labute approximate surface area is 164 Å². The van der Waals surface area contributed by atoms with E-state index in [1.807, 2.05) is 6.07 Å². The lowest BCUT2D eigenvalue weighted by Crippen LogP contribution is -2.32. The molecule has 0 spiro atoms. The molecule has 0 saturated carbocycles. The minimum Gasteiger partial charge on any atom is -0.503 e. The summed E-state index contributed by atoms with van der Waals surface area (Å²) in [5, 5.41) is 13.4. The van der Waals surface area contributed by atoms with E-state index in [4.69, 9.17) is 16.3 Å². The van der Waals surface area contributed by atoms with Crippen LogP contribution in [0.3, 0.4) is 0 Å². The fourth-order valence-corrected chi connectivity index (χ4v) is 3.00. The van der Waals surface area contributed by atoms with Crippen LogP contribution in [0, 0.1) is 0 Å². The first kappa shape index (κ1) is 19.7. The number of pyridine rings is 1. The minimum atomic E-state index is -0.910. The Morgan fingerprint density at radius 3 is 2.79 bits per heavy atom. The summed E-state index contributed by atoms with van der Waals surface area (Å²) in [6.45, 7) is 0.698. The molecule has 9 heteroatoms. The highest BCUT2D eigenvalue weighted by Crippen LogP contribution is 2.13. The summed E-state index contributed by atoms with van der Waals surface area (Å²) in [4.78, 5) is 37.4. The highest BCUT2D eigenvalue weighted by atomic mass is 35.5. The molecule has 2 aromatic heterocycles. The predicted octanol–water partition coefficient (Wildman–Crippen LogP) is 1.24. The summed E-state index contributed by atoms with van der Waals surface area (Å²) in [5.74, 6) is -1.43. The van der Waals surface area contributed by atoms with Crippen molar-refractivity contribution in [1.82, 2.24) is 14.3 Å². The maximum Gasteiger partial charge on any atom is 0.279 e. The van der Waals surface area contributed by atoms with E-state index in [0.717, 1.165) is 5.56 Å². The molecule has 0 unspecified atom stereocenters. The van der Waals surface area contributed by atoms with E-state index in [0.29, 0.717) is 5.02 Å². The molecule has 0 saturated heterocycles. The van der Waals surface area contributed by atoms with E-state index in [9.17, 15) is 19.5 Å². The van der Waals surface area contributed by atoms with E-state index in [1.54, 1.807) is 18.2 Å². The second-order valence-electron chi connectivity index (χ2n) is 6.09. The van der Waals surface area contributed by atoms with Crippen molar-refractivity contribution in [1.29, 1.82) is 0 Å². The van der Waals surface area contributed by atoms with Gasteiger partial charge in [0.15, 0.2) is 11.3 Å². The fraction of sp³-hybridized carbons (Fsp3) is 0.211. The zero-order valence-corrected chi connectivity index (χ0v) is 15.8. The summed E-state index contributed by atoms with van der Waals surface area (Å²) >= 11 is 5.97. The fourth-order valence-electron chi connectivity index (χ4n) is 2.79. The minimum absolute atomic E-state index is 0.206. The highest BCUT2D eigenvalue weighted by Gasteiger charge is 2.18. The van der Waals surface area contributed by atoms with Crippen molar-refractivity contribution in [3.05, 3.63) is 79.6 Å². The Hall–Kier alpha value is -3.10. The standard InChI is InChI=1S/C19H18ClN3O5/c1-28-8-5-21-18(26)14-11-22-6-7-23(10-12-3-2-4-13(20)9-12)19(27)15(22)17(25)16(14)24/h2-4,6-7,9,11,25H,5,8,10H2,1H3,(H,21,26). The van der Waals surface area contributed by atoms with Crippen molar-refractivity contribution in [2.24, 2.45) is 0 Å². The second-order valence-corrected chi connectivity index (χ2v) is 6.52. The van der Waals surface area contributed by atoms with Crippen molar-refractivity contribution in [3.8, 4) is 5.75 Å². The Morgan fingerprint density at radius 1 is 1.29 bits per heavy atom. The molecule has 0 fully saturated rings. The molecule has 0 aliphatic rings. The van der Waals surface area contributed by atoms with Crippen LogP contribution in [0.5, 0.6) is 5.75 Å². The van der Waals surface area contributed by atoms with Crippen LogP contribution in [0.4, 0.5) is 0 Å². The number of carbonyl (C=O) groups excluding carboxylic acids is 1. The number of amides is 1. The van der Waals surface area contributed by atoms with Crippen molar-refractivity contribution in [3.63, 3.8) is 0 Å². The first-order valence-electron chi connectivity index (χ1n) is 8.41. The lowest BCUT2D eigenvalue weighted by molar-refractivity contribution is 0.0935. The Balaban J connectivity index is 2.03. The highest BCUT2D eigenvalue weighted by molar-refractivity contribution is 6.30. The van der Waals surface area contributed by atoms with Crippen LogP contribution >= 0.6 is 11.6 Å². The number of hydrogen-bond donors (Lipinski definition) is 2. The number of aromatic hydroxyl groups is 1. The molecule has 3 aromatic rings. The number of rotatable bonds is 6. The number of fused-ring (bicyclic) bond motifs is 1. The molecule has 8 nitrogen and oxygen atoms in total. The van der Waals surface area contributed by atoms with Crippen LogP contribution in [0.2, 0.25) is 5.02 Å². The van der Waals surface area contributed by atoms with Gasteiger partial charge in [-0.2, -0.15) is 0 Å². The molecule has 28 heavy (non-hydrogen) atoms. The van der Waals surface area contributed by atoms with Crippen LogP contribution < -0.4 is 16.3 Å². The SMILES string of the molecule is COCCNC(=O)c1cn2ccn(Cc3cccc(Cl)c3)c(=O)c2c(O)c1=O. The van der Waals surface area contributed by atoms with Crippen molar-refractivity contribution in [2.45, 2.75) is 6.54 Å². The average Bonchev–Trinajstić information content (AvgIpc) is 2.66. The summed E-state index contributed by atoms with van der Waals surface area (Å²) in [6.07, 6.45) is 4.23. The van der Waals surface area contributed by atoms with Crippen LogP contribution in [0.1, 0.15) is 15.9 Å². The van der Waals surface area contributed by atoms with Gasteiger partial charge in [-0.3, -0.25) is 14.4 Å². The van der Waals surface area contributed by atoms with Gasteiger partial charge in [-0.25, -0.2) is 0 Å². The van der Waals surface area contributed by atoms with Gasteiger partial charge in [0, 0.05) is 37.3 Å². The zero-order valence-electron chi connectivity index (χ0n) is 15.0. The molecular weight excluding hydrogens is 386 g/mol. The third kappa shape index (κ3) is 3.92. The number of benzene rings is 1. The zero-order chi connectivity index (χ0) is 20.3. The molecule has 0 radical (unpaired) electrons. The quantitative estimate of drug-likeness (QED) is 0.603. The molecule has 146 valence electrons. The molecule has 1 aromatic carbocycles. The van der Waals surface area contributed by atoms with Gasteiger partial charge in [0.2, 0.25) is 5.43 Å². The first-order valence-corrected chi connectivity index (χ1v) is 8.79. The normalized spacial score (nSPS) is 10.9. The summed E-state index contributed by atoms with van der Waals surface area (Å²) < 4.78 is 7.45. The summed E-state index contributed by atoms with van der Waals surface area (Å²) in [7, 11) is 1.48. The molecular formula is C19H18ClN3O5. The third-order valence-corrected chi connectivity index (χ3v) is 4.39. The number of aromatic nitrogens is 2. The Kier molecular flexibility index (Phi) is 5.81. The van der Waals surface area contributed by atoms with Gasteiger partial charge < -0.3 is 24.1 Å². The van der Waals surface area contributed by atoms with Gasteiger partial charge in [-0.1, -0.05) is 23.7 Å². The van der Waals surface area contributed by atoms with Gasteiger partial charge in [0.1, 0.15) is 5.56 Å². The molecule has 0 atom stereocenters. The van der Waals surface area contributed by atoms with Gasteiger partial charge in [-0.15, -0.1) is 0 Å². The van der Waals surface area contributed by atoms with Crippen LogP contribution in [-0.4, -0.2) is 40.2 Å². The molecule has 3 rings (SSSR count). The number of nitrogens with one attached hydrogen (secondary N) is 1. The van der Waals surface area contributed by atoms with Crippen molar-refractivity contribution < 1.29 is 14.6 Å². The van der Waals surface area contributed by atoms with Crippen molar-refractivity contribution >= 4 is 23.0 Å². The average molecular weight is 404 g/mol. The third-order valence-electron chi connectivity index (χ3n) is 4.16. The second kappa shape index (κ2) is 8.28. The summed E-state index contributed by atoms with van der Waals surface area (Å²) in [6, 6.07) is 7.01. The van der Waals surface area contributed by atoms with Crippen LogP contribution in [0.15, 0.2) is 52.4 Å². The lowest BCUT2D eigenvalue weighted by Gasteiger charge is -2.11. The number of hydrogen-bond acceptors (Lipinski definition) is 5. The van der Waals surface area contributed by atoms with Gasteiger partial charge in [-0.05, 0) is 17.7 Å². The largest absolute Gasteiger partial charge is 0.503 e. The van der Waals surface area contributed by atoms with E-state index < -0.39 is 22.6 Å². The van der Waals surface area contributed by atoms with Crippen LogP contribution in [0.25, 0.3) is 5.52 Å². The van der Waals surface area contributed by atoms with E-state index in [1.165, 1.54) is 34.7 Å². The topological polar surface area (TPSA) is 102 Å². The van der Waals surface area contributed by atoms with Crippen LogP contribution in [-0.2, 0) is 11.3 Å². The maximum absolute atomic E-state index is 12.8. The number of ether oxygens (including phenoxy) is 1. The van der Waals surface area contributed by atoms with Gasteiger partial charge in [0.25, 0.3) is 11.5 Å². The number of nitrogens with zero attached hydrogens (tertiary/aromatic N) is 2. The number of carbonyl (C=O) groups is 1. The van der Waals surface area contributed by atoms with E-state index in [2.05, 4.69) is 5.32 Å². The number of halogens is 1. The Morgan fingerprint density at radius 2 is 2.07 bits per heavy atom. The van der Waals surface area contributed by atoms with E-state index in [-0.39, 0.29) is 30.8 Å². The van der Waals surface area contributed by atoms with E-state index >= 15 is 0 Å². The maximum atomic E-state index is 12.8. The molecule has 0 aliphatic heterocycles. The molecule has 0 bridgehead atoms. The molecule has 2 heterocycles. The molecule has 2 N–H and O–H groups in total. The lowest BCUT2D eigenvalue weighted by atomic mass is 10.2. The first-order chi connectivity index (χ1) is 13.4. The smallest absolute Gasteiger partial charge is 0.279 e. The van der Waals surface area contributed by atoms with Crippen molar-refractivity contribution in [2.75, 3.05) is 20.3 Å². The predicted molar refractivity (Wildman–Crippen MR) is 104 cm³/mol. The molecule has 0 aliphatic carbocycles. The monoisotopic (exact) mass is 403 g/mol. The summed E-state index contributed by atoms with van der Waals surface area (Å²) in [5.41, 5.74) is -1.16. The molecule has 1 amide bonds. The van der Waals surface area contributed by atoms with Gasteiger partial charge >= 0.3 is 0 Å². The Bertz CT molecular complexity index is 1150. The number of methoxy groups -OCH3 is 1.